The van der Waals surface area contributed by atoms with Gasteiger partial charge in [0.25, 0.3) is 17.5 Å². The van der Waals surface area contributed by atoms with Crippen molar-refractivity contribution in [3.8, 4) is 11.3 Å². The molecule has 1 aromatic heterocycles. The lowest BCUT2D eigenvalue weighted by atomic mass is 10.1. The number of imide groups is 1. The van der Waals surface area contributed by atoms with Gasteiger partial charge < -0.3 is 5.32 Å². The average molecular weight is 515 g/mol. The molecule has 32 heavy (non-hydrogen) atoms. The van der Waals surface area contributed by atoms with Gasteiger partial charge in [0.05, 0.1) is 16.2 Å². The molecule has 0 spiro atoms. The molecule has 9 nitrogen and oxygen atoms in total. The standard InChI is InChI=1S/C21H15BrN4O5S/c1-11-18(12-5-7-13(22)8-6-12)24-21(32-11)23-16(27)9-10-25-19(28)14-3-2-4-15(26(30)31)17(14)20(25)29/h2-8H,9-10H2,1H3,(H,23,24,27). The number of carbonyl (C=O) groups is 3. The molecule has 162 valence electrons. The first-order valence-electron chi connectivity index (χ1n) is 9.43. The number of nitro groups is 1. The van der Waals surface area contributed by atoms with E-state index >= 15 is 0 Å². The number of aromatic nitrogens is 1. The number of benzene rings is 2. The van der Waals surface area contributed by atoms with E-state index in [4.69, 9.17) is 0 Å². The van der Waals surface area contributed by atoms with Gasteiger partial charge in [-0.25, -0.2) is 4.98 Å². The van der Waals surface area contributed by atoms with Crippen molar-refractivity contribution >= 4 is 55.8 Å². The number of amides is 3. The molecule has 0 radical (unpaired) electrons. The number of anilines is 1. The lowest BCUT2D eigenvalue weighted by Crippen LogP contribution is -2.33. The molecule has 2 heterocycles. The molecule has 11 heteroatoms. The smallest absolute Gasteiger partial charge is 0.282 e. The number of nitro benzene ring substituents is 1. The van der Waals surface area contributed by atoms with Crippen LogP contribution in [0.1, 0.15) is 32.0 Å². The fourth-order valence-electron chi connectivity index (χ4n) is 3.39. The second kappa shape index (κ2) is 8.60. The largest absolute Gasteiger partial charge is 0.302 e. The van der Waals surface area contributed by atoms with Gasteiger partial charge in [-0.15, -0.1) is 11.3 Å². The minimum Gasteiger partial charge on any atom is -0.302 e. The zero-order valence-corrected chi connectivity index (χ0v) is 19.0. The number of nitrogens with zero attached hydrogens (tertiary/aromatic N) is 3. The van der Waals surface area contributed by atoms with Gasteiger partial charge in [-0.2, -0.15) is 0 Å². The van der Waals surface area contributed by atoms with E-state index in [1.54, 1.807) is 0 Å². The molecular formula is C21H15BrN4O5S. The second-order valence-corrected chi connectivity index (χ2v) is 9.07. The Labute approximate surface area is 194 Å². The molecule has 0 unspecified atom stereocenters. The first kappa shape index (κ1) is 21.8. The quantitative estimate of drug-likeness (QED) is 0.295. The van der Waals surface area contributed by atoms with Crippen LogP contribution in [0.3, 0.4) is 0 Å². The average Bonchev–Trinajstić information content (AvgIpc) is 3.24. The molecule has 0 saturated heterocycles. The number of nitrogens with one attached hydrogen (secondary N) is 1. The molecule has 2 aromatic carbocycles. The van der Waals surface area contributed by atoms with E-state index in [9.17, 15) is 24.5 Å². The highest BCUT2D eigenvalue weighted by molar-refractivity contribution is 9.10. The molecule has 0 aliphatic carbocycles. The normalized spacial score (nSPS) is 12.8. The monoisotopic (exact) mass is 514 g/mol. The summed E-state index contributed by atoms with van der Waals surface area (Å²) in [4.78, 5) is 54.3. The van der Waals surface area contributed by atoms with Crippen molar-refractivity contribution in [2.24, 2.45) is 0 Å². The molecule has 0 saturated carbocycles. The van der Waals surface area contributed by atoms with Gasteiger partial charge in [-0.1, -0.05) is 34.1 Å². The fraction of sp³-hybridized carbons (Fsp3) is 0.143. The highest BCUT2D eigenvalue weighted by atomic mass is 79.9. The Kier molecular flexibility index (Phi) is 5.85. The van der Waals surface area contributed by atoms with Crippen LogP contribution in [-0.2, 0) is 4.79 Å². The Morgan fingerprint density at radius 3 is 2.59 bits per heavy atom. The summed E-state index contributed by atoms with van der Waals surface area (Å²) in [5.41, 5.74) is 0.976. The van der Waals surface area contributed by atoms with Crippen LogP contribution in [0.5, 0.6) is 0 Å². The van der Waals surface area contributed by atoms with E-state index in [0.717, 1.165) is 25.5 Å². The van der Waals surface area contributed by atoms with Gasteiger partial charge in [0.1, 0.15) is 5.56 Å². The Bertz CT molecular complexity index is 1270. The molecule has 0 fully saturated rings. The lowest BCUT2D eigenvalue weighted by molar-refractivity contribution is -0.385. The zero-order chi connectivity index (χ0) is 23.0. The van der Waals surface area contributed by atoms with Crippen LogP contribution in [0, 0.1) is 17.0 Å². The van der Waals surface area contributed by atoms with Crippen LogP contribution < -0.4 is 5.32 Å². The van der Waals surface area contributed by atoms with Crippen molar-refractivity contribution < 1.29 is 19.3 Å². The molecule has 1 aliphatic rings. The van der Waals surface area contributed by atoms with Crippen molar-refractivity contribution in [1.29, 1.82) is 0 Å². The first-order chi connectivity index (χ1) is 15.3. The van der Waals surface area contributed by atoms with Gasteiger partial charge in [0, 0.05) is 33.9 Å². The van der Waals surface area contributed by atoms with Crippen LogP contribution in [0.2, 0.25) is 0 Å². The fourth-order valence-corrected chi connectivity index (χ4v) is 4.51. The number of carbonyl (C=O) groups excluding carboxylic acids is 3. The van der Waals surface area contributed by atoms with E-state index in [1.807, 2.05) is 31.2 Å². The summed E-state index contributed by atoms with van der Waals surface area (Å²) in [6.45, 7) is 1.70. The minimum absolute atomic E-state index is 0.0284. The minimum atomic E-state index is -0.771. The van der Waals surface area contributed by atoms with Gasteiger partial charge in [0.15, 0.2) is 5.13 Å². The molecule has 0 bridgehead atoms. The van der Waals surface area contributed by atoms with Crippen molar-refractivity contribution in [2.45, 2.75) is 13.3 Å². The Morgan fingerprint density at radius 2 is 1.91 bits per heavy atom. The maximum atomic E-state index is 12.6. The van der Waals surface area contributed by atoms with E-state index in [0.29, 0.717) is 5.13 Å². The predicted octanol–water partition coefficient (Wildman–Crippen LogP) is 4.41. The number of thiazole rings is 1. The highest BCUT2D eigenvalue weighted by Crippen LogP contribution is 2.32. The summed E-state index contributed by atoms with van der Waals surface area (Å²) in [7, 11) is 0. The molecule has 3 aromatic rings. The molecule has 4 rings (SSSR count). The molecule has 3 amide bonds. The van der Waals surface area contributed by atoms with Crippen LogP contribution in [0.4, 0.5) is 10.8 Å². The number of fused-ring (bicyclic) bond motifs is 1. The summed E-state index contributed by atoms with van der Waals surface area (Å²) in [5, 5.41) is 14.3. The maximum Gasteiger partial charge on any atom is 0.282 e. The Hall–Kier alpha value is -3.44. The summed E-state index contributed by atoms with van der Waals surface area (Å²) in [6, 6.07) is 11.5. The molecule has 1 N–H and O–H groups in total. The zero-order valence-electron chi connectivity index (χ0n) is 16.6. The lowest BCUT2D eigenvalue weighted by Gasteiger charge is -2.12. The van der Waals surface area contributed by atoms with Gasteiger partial charge in [0.2, 0.25) is 5.91 Å². The van der Waals surface area contributed by atoms with E-state index in [1.165, 1.54) is 29.5 Å². The molecular weight excluding hydrogens is 500 g/mol. The van der Waals surface area contributed by atoms with Crippen LogP contribution in [-0.4, -0.2) is 39.1 Å². The van der Waals surface area contributed by atoms with E-state index < -0.39 is 28.3 Å². The van der Waals surface area contributed by atoms with Crippen molar-refractivity contribution in [3.63, 3.8) is 0 Å². The Morgan fingerprint density at radius 1 is 1.19 bits per heavy atom. The van der Waals surface area contributed by atoms with Crippen molar-refractivity contribution in [1.82, 2.24) is 9.88 Å². The molecule has 1 aliphatic heterocycles. The van der Waals surface area contributed by atoms with E-state index in [-0.39, 0.29) is 24.1 Å². The number of hydrogen-bond donors (Lipinski definition) is 1. The summed E-state index contributed by atoms with van der Waals surface area (Å²) < 4.78 is 0.946. The van der Waals surface area contributed by atoms with Gasteiger partial charge >= 0.3 is 0 Å². The van der Waals surface area contributed by atoms with E-state index in [2.05, 4.69) is 26.2 Å². The SMILES string of the molecule is Cc1sc(NC(=O)CCN2C(=O)c3cccc([N+](=O)[O-])c3C2=O)nc1-c1ccc(Br)cc1. The van der Waals surface area contributed by atoms with Gasteiger partial charge in [-0.05, 0) is 25.1 Å². The Balaban J connectivity index is 1.43. The first-order valence-corrected chi connectivity index (χ1v) is 11.0. The summed E-state index contributed by atoms with van der Waals surface area (Å²) >= 11 is 4.71. The van der Waals surface area contributed by atoms with Crippen molar-refractivity contribution in [3.05, 3.63) is 73.1 Å². The third kappa shape index (κ3) is 4.04. The van der Waals surface area contributed by atoms with Gasteiger partial charge in [-0.3, -0.25) is 29.4 Å². The summed E-state index contributed by atoms with van der Waals surface area (Å²) in [5.74, 6) is -1.84. The number of aryl methyl sites for hydroxylation is 1. The topological polar surface area (TPSA) is 123 Å². The number of hydrogen-bond acceptors (Lipinski definition) is 7. The number of halogens is 1. The summed E-state index contributed by atoms with van der Waals surface area (Å²) in [6.07, 6.45) is -0.161. The third-order valence-corrected chi connectivity index (χ3v) is 6.31. The van der Waals surface area contributed by atoms with Crippen LogP contribution >= 0.6 is 27.3 Å². The predicted molar refractivity (Wildman–Crippen MR) is 122 cm³/mol. The highest BCUT2D eigenvalue weighted by Gasteiger charge is 2.40. The van der Waals surface area contributed by atoms with Crippen molar-refractivity contribution in [2.75, 3.05) is 11.9 Å². The third-order valence-electron chi connectivity index (χ3n) is 4.90. The second-order valence-electron chi connectivity index (χ2n) is 6.95. The maximum absolute atomic E-state index is 12.6. The number of rotatable bonds is 6. The van der Waals surface area contributed by atoms with Crippen LogP contribution in [0.25, 0.3) is 11.3 Å². The molecule has 0 atom stereocenters. The van der Waals surface area contributed by atoms with Crippen LogP contribution in [0.15, 0.2) is 46.9 Å².